The topological polar surface area (TPSA) is 97.3 Å². The molecule has 1 aromatic rings. The Balaban J connectivity index is 2.60. The second kappa shape index (κ2) is 9.90. The molecular formula is C18H14F10N2O6. The van der Waals surface area contributed by atoms with E-state index in [0.717, 1.165) is 12.0 Å². The number of anilines is 1. The maximum atomic E-state index is 13.5. The van der Waals surface area contributed by atoms with Crippen molar-refractivity contribution in [2.24, 2.45) is 0 Å². The summed E-state index contributed by atoms with van der Waals surface area (Å²) in [5.41, 5.74) is -2.57. The van der Waals surface area contributed by atoms with Crippen LogP contribution in [-0.4, -0.2) is 73.3 Å². The molecule has 1 heterocycles. The zero-order valence-electron chi connectivity index (χ0n) is 17.6. The molecular weight excluding hydrogens is 530 g/mol. The summed E-state index contributed by atoms with van der Waals surface area (Å²) in [5, 5.41) is 10.9. The molecule has 2 N–H and O–H groups in total. The van der Waals surface area contributed by atoms with Gasteiger partial charge in [0.15, 0.2) is 0 Å². The van der Waals surface area contributed by atoms with Gasteiger partial charge in [0.05, 0.1) is 31.5 Å². The Labute approximate surface area is 194 Å². The Bertz CT molecular complexity index is 1040. The van der Waals surface area contributed by atoms with Crippen LogP contribution in [0.4, 0.5) is 49.6 Å². The maximum absolute atomic E-state index is 13.5. The molecule has 1 amide bonds. The Morgan fingerprint density at radius 1 is 1.00 bits per heavy atom. The summed E-state index contributed by atoms with van der Waals surface area (Å²) in [6, 6.07) is 0.398. The number of rotatable bonds is 9. The van der Waals surface area contributed by atoms with Crippen LogP contribution in [-0.2, 0) is 14.3 Å². The van der Waals surface area contributed by atoms with Crippen molar-refractivity contribution in [1.82, 2.24) is 4.90 Å². The third kappa shape index (κ3) is 6.03. The Morgan fingerprint density at radius 2 is 1.56 bits per heavy atom. The van der Waals surface area contributed by atoms with Gasteiger partial charge in [-0.05, 0) is 12.1 Å². The monoisotopic (exact) mass is 544 g/mol. The smallest absolute Gasteiger partial charge is 0.466 e. The predicted molar refractivity (Wildman–Crippen MR) is 96.0 cm³/mol. The normalized spacial score (nSPS) is 15.3. The molecule has 0 saturated heterocycles. The van der Waals surface area contributed by atoms with Crippen molar-refractivity contribution in [3.63, 3.8) is 0 Å². The van der Waals surface area contributed by atoms with E-state index in [4.69, 9.17) is 5.11 Å². The molecule has 1 aliphatic rings. The zero-order valence-corrected chi connectivity index (χ0v) is 17.6. The second-order valence-electron chi connectivity index (χ2n) is 6.81. The molecule has 0 aliphatic carbocycles. The SMILES string of the molecule is COC(=O)C1=C(Nc2cc(OC(F)(F)C(F)(F)F)ccc2OC(F)(F)C(F)(F)F)C(=O)N(CCO)C1. The first-order valence-electron chi connectivity index (χ1n) is 9.24. The summed E-state index contributed by atoms with van der Waals surface area (Å²) >= 11 is 0. The van der Waals surface area contributed by atoms with E-state index in [2.05, 4.69) is 14.2 Å². The van der Waals surface area contributed by atoms with Crippen LogP contribution in [0.1, 0.15) is 0 Å². The van der Waals surface area contributed by atoms with Crippen molar-refractivity contribution in [2.45, 2.75) is 24.6 Å². The number of carbonyl (C=O) groups excluding carboxylic acids is 2. The first kappa shape index (κ1) is 28.8. The summed E-state index contributed by atoms with van der Waals surface area (Å²) in [6.45, 7) is -1.57. The number of aliphatic hydroxyl groups is 1. The number of β-amino-alcohol motifs (C(OH)–C–C–N with tert-alkyl or cyclic N) is 1. The van der Waals surface area contributed by atoms with Gasteiger partial charge in [-0.2, -0.15) is 43.9 Å². The van der Waals surface area contributed by atoms with Gasteiger partial charge in [-0.15, -0.1) is 0 Å². The van der Waals surface area contributed by atoms with E-state index in [1.165, 1.54) is 0 Å². The van der Waals surface area contributed by atoms with E-state index in [1.807, 2.05) is 5.32 Å². The minimum absolute atomic E-state index is 0.102. The highest BCUT2D eigenvalue weighted by Crippen LogP contribution is 2.43. The number of ether oxygens (including phenoxy) is 3. The molecule has 0 bridgehead atoms. The van der Waals surface area contributed by atoms with Crippen LogP contribution in [0.3, 0.4) is 0 Å². The van der Waals surface area contributed by atoms with E-state index in [-0.39, 0.29) is 24.7 Å². The van der Waals surface area contributed by atoms with Gasteiger partial charge in [0, 0.05) is 12.6 Å². The lowest BCUT2D eigenvalue weighted by molar-refractivity contribution is -0.361. The van der Waals surface area contributed by atoms with Crippen molar-refractivity contribution >= 4 is 17.6 Å². The highest BCUT2D eigenvalue weighted by atomic mass is 19.4. The quantitative estimate of drug-likeness (QED) is 0.363. The third-order valence-electron chi connectivity index (χ3n) is 4.31. The Kier molecular flexibility index (Phi) is 7.92. The average molecular weight is 544 g/mol. The predicted octanol–water partition coefficient (Wildman–Crippen LogP) is 3.43. The number of benzene rings is 1. The molecule has 8 nitrogen and oxygen atoms in total. The average Bonchev–Trinajstić information content (AvgIpc) is 3.03. The van der Waals surface area contributed by atoms with E-state index >= 15 is 0 Å². The van der Waals surface area contributed by atoms with Gasteiger partial charge in [-0.3, -0.25) is 4.79 Å². The van der Waals surface area contributed by atoms with Crippen LogP contribution in [0.2, 0.25) is 0 Å². The molecule has 0 unspecified atom stereocenters. The fraction of sp³-hybridized carbons (Fsp3) is 0.444. The summed E-state index contributed by atoms with van der Waals surface area (Å²) in [7, 11) is 0.859. The number of amides is 1. The van der Waals surface area contributed by atoms with Crippen LogP contribution in [0.5, 0.6) is 11.5 Å². The maximum Gasteiger partial charge on any atom is 0.499 e. The Hall–Kier alpha value is -3.44. The molecule has 1 aromatic carbocycles. The minimum Gasteiger partial charge on any atom is -0.466 e. The molecule has 0 atom stereocenters. The highest BCUT2D eigenvalue weighted by Gasteiger charge is 2.62. The molecule has 18 heteroatoms. The van der Waals surface area contributed by atoms with Gasteiger partial charge in [0.2, 0.25) is 0 Å². The van der Waals surface area contributed by atoms with Gasteiger partial charge in [-0.1, -0.05) is 0 Å². The summed E-state index contributed by atoms with van der Waals surface area (Å²) in [6.07, 6.45) is -24.2. The second-order valence-corrected chi connectivity index (χ2v) is 6.81. The van der Waals surface area contributed by atoms with Crippen molar-refractivity contribution in [1.29, 1.82) is 0 Å². The van der Waals surface area contributed by atoms with E-state index in [9.17, 15) is 53.5 Å². The highest BCUT2D eigenvalue weighted by molar-refractivity contribution is 6.08. The van der Waals surface area contributed by atoms with Crippen LogP contribution in [0, 0.1) is 0 Å². The first-order chi connectivity index (χ1) is 16.3. The van der Waals surface area contributed by atoms with Gasteiger partial charge >= 0.3 is 30.5 Å². The molecule has 0 aromatic heterocycles. The molecule has 202 valence electrons. The fourth-order valence-corrected chi connectivity index (χ4v) is 2.64. The van der Waals surface area contributed by atoms with Gasteiger partial charge in [-0.25, -0.2) is 4.79 Å². The van der Waals surface area contributed by atoms with E-state index in [1.54, 1.807) is 0 Å². The minimum atomic E-state index is -6.29. The number of hydrogen-bond donors (Lipinski definition) is 2. The fourth-order valence-electron chi connectivity index (χ4n) is 2.64. The number of nitrogens with one attached hydrogen (secondary N) is 1. The van der Waals surface area contributed by atoms with E-state index in [0.29, 0.717) is 0 Å². The van der Waals surface area contributed by atoms with Gasteiger partial charge < -0.3 is 29.5 Å². The molecule has 0 fully saturated rings. The van der Waals surface area contributed by atoms with Crippen LogP contribution in [0.15, 0.2) is 29.5 Å². The molecule has 0 spiro atoms. The lowest BCUT2D eigenvalue weighted by atomic mass is 10.2. The number of halogens is 10. The van der Waals surface area contributed by atoms with Gasteiger partial charge in [0.25, 0.3) is 5.91 Å². The molecule has 36 heavy (non-hydrogen) atoms. The summed E-state index contributed by atoms with van der Waals surface area (Å²) < 4.78 is 140. The number of nitrogens with zero attached hydrogens (tertiary/aromatic N) is 1. The summed E-state index contributed by atoms with van der Waals surface area (Å²) in [5.74, 6) is -5.22. The first-order valence-corrected chi connectivity index (χ1v) is 9.24. The van der Waals surface area contributed by atoms with Crippen molar-refractivity contribution in [3.8, 4) is 11.5 Å². The van der Waals surface area contributed by atoms with E-state index < -0.39 is 78.1 Å². The number of methoxy groups -OCH3 is 1. The standard InChI is InChI=1S/C18H14F10N2O6/c1-34-14(33)9-7-30(4-5-31)13(32)12(9)29-10-6-8(35-17(25,26)15(19,20)21)2-3-11(10)36-18(27,28)16(22,23)24/h2-3,6,29,31H,4-5,7H2,1H3. The molecule has 0 radical (unpaired) electrons. The van der Waals surface area contributed by atoms with Crippen LogP contribution in [0.25, 0.3) is 0 Å². The number of aliphatic hydroxyl groups excluding tert-OH is 1. The Morgan fingerprint density at radius 3 is 2.06 bits per heavy atom. The van der Waals surface area contributed by atoms with Crippen LogP contribution >= 0.6 is 0 Å². The largest absolute Gasteiger partial charge is 0.499 e. The van der Waals surface area contributed by atoms with Crippen molar-refractivity contribution < 1.29 is 72.8 Å². The molecule has 0 saturated carbocycles. The third-order valence-corrected chi connectivity index (χ3v) is 4.31. The molecule has 2 rings (SSSR count). The van der Waals surface area contributed by atoms with Crippen molar-refractivity contribution in [3.05, 3.63) is 29.5 Å². The van der Waals surface area contributed by atoms with Gasteiger partial charge in [0.1, 0.15) is 17.2 Å². The number of hydrogen-bond acceptors (Lipinski definition) is 7. The number of esters is 1. The zero-order chi connectivity index (χ0) is 27.7. The lowest BCUT2D eigenvalue weighted by Crippen LogP contribution is -2.42. The number of alkyl halides is 10. The molecule has 1 aliphatic heterocycles. The van der Waals surface area contributed by atoms with Crippen LogP contribution < -0.4 is 14.8 Å². The summed E-state index contributed by atoms with van der Waals surface area (Å²) in [4.78, 5) is 25.4. The van der Waals surface area contributed by atoms with Crippen molar-refractivity contribution in [2.75, 3.05) is 32.1 Å². The lowest BCUT2D eigenvalue weighted by Gasteiger charge is -2.24. The number of carbonyl (C=O) groups is 2.